The van der Waals surface area contributed by atoms with Gasteiger partial charge in [0, 0.05) is 30.7 Å². The number of fused-ring (bicyclic) bond motifs is 1. The van der Waals surface area contributed by atoms with Crippen LogP contribution in [0.4, 0.5) is 29.6 Å². The van der Waals surface area contributed by atoms with Crippen molar-refractivity contribution in [1.82, 2.24) is 20.0 Å². The van der Waals surface area contributed by atoms with E-state index in [-0.39, 0.29) is 23.5 Å². The fourth-order valence-electron chi connectivity index (χ4n) is 3.77. The number of hydrogen-bond donors (Lipinski definition) is 3. The predicted molar refractivity (Wildman–Crippen MR) is 111 cm³/mol. The van der Waals surface area contributed by atoms with Crippen molar-refractivity contribution >= 4 is 27.8 Å². The molecule has 1 aromatic heterocycles. The monoisotopic (exact) mass is 485 g/mol. The van der Waals surface area contributed by atoms with Crippen LogP contribution in [0, 0.1) is 0 Å². The number of benzene rings is 1. The fourth-order valence-corrected chi connectivity index (χ4v) is 4.99. The van der Waals surface area contributed by atoms with Gasteiger partial charge in [0.1, 0.15) is 6.10 Å². The molecule has 1 amide bonds. The molecule has 1 aromatic carbocycles. The Morgan fingerprint density at radius 3 is 2.64 bits per heavy atom. The van der Waals surface area contributed by atoms with Crippen molar-refractivity contribution in [2.75, 3.05) is 5.32 Å². The third-order valence-electron chi connectivity index (χ3n) is 5.47. The van der Waals surface area contributed by atoms with Crippen molar-refractivity contribution < 1.29 is 31.1 Å². The smallest absolute Gasteiger partial charge is 0.407 e. The van der Waals surface area contributed by atoms with Crippen LogP contribution in [-0.4, -0.2) is 42.8 Å². The van der Waals surface area contributed by atoms with E-state index in [1.165, 1.54) is 13.0 Å². The Kier molecular flexibility index (Phi) is 6.18. The summed E-state index contributed by atoms with van der Waals surface area (Å²) < 4.78 is 68.2. The molecule has 0 bridgehead atoms. The molecule has 1 aliphatic carbocycles. The highest BCUT2D eigenvalue weighted by Crippen LogP contribution is 2.38. The number of carbonyl (C=O) groups is 1. The molecule has 0 radical (unpaired) electrons. The average Bonchev–Trinajstić information content (AvgIpc) is 2.98. The maximum Gasteiger partial charge on any atom is 0.407 e. The summed E-state index contributed by atoms with van der Waals surface area (Å²) in [6.07, 6.45) is -2.33. The average molecular weight is 485 g/mol. The number of rotatable bonds is 6. The number of sulfonamides is 1. The summed E-state index contributed by atoms with van der Waals surface area (Å²) in [5.74, 6) is 0.429. The highest BCUT2D eigenvalue weighted by atomic mass is 32.2. The van der Waals surface area contributed by atoms with Gasteiger partial charge in [0.2, 0.25) is 16.0 Å². The van der Waals surface area contributed by atoms with Gasteiger partial charge in [-0.3, -0.25) is 0 Å². The SMILES string of the molecule is C[C@@H](CC(F)(F)F)NC(=O)OC1CC(c2cnc(Nc3ccc4c(c3)CNS4(=O)=O)nc2)C1. The minimum Gasteiger partial charge on any atom is -0.446 e. The molecule has 9 nitrogen and oxygen atoms in total. The van der Waals surface area contributed by atoms with Gasteiger partial charge in [-0.05, 0) is 55.0 Å². The number of amides is 1. The number of nitrogens with one attached hydrogen (secondary N) is 3. The molecule has 178 valence electrons. The maximum absolute atomic E-state index is 12.3. The lowest BCUT2D eigenvalue weighted by atomic mass is 9.78. The van der Waals surface area contributed by atoms with E-state index in [2.05, 4.69) is 25.3 Å². The van der Waals surface area contributed by atoms with Crippen molar-refractivity contribution in [1.29, 1.82) is 0 Å². The number of aromatic nitrogens is 2. The van der Waals surface area contributed by atoms with Gasteiger partial charge in [0.25, 0.3) is 0 Å². The Morgan fingerprint density at radius 2 is 1.97 bits per heavy atom. The molecule has 1 atom stereocenters. The first-order valence-corrected chi connectivity index (χ1v) is 11.7. The van der Waals surface area contributed by atoms with E-state index in [9.17, 15) is 26.4 Å². The lowest BCUT2D eigenvalue weighted by molar-refractivity contribution is -0.138. The zero-order valence-electron chi connectivity index (χ0n) is 17.5. The second-order valence-corrected chi connectivity index (χ2v) is 9.91. The maximum atomic E-state index is 12.3. The molecule has 1 saturated carbocycles. The molecule has 2 heterocycles. The summed E-state index contributed by atoms with van der Waals surface area (Å²) in [6.45, 7) is 1.50. The van der Waals surface area contributed by atoms with E-state index in [1.54, 1.807) is 24.5 Å². The molecule has 33 heavy (non-hydrogen) atoms. The Morgan fingerprint density at radius 1 is 1.27 bits per heavy atom. The van der Waals surface area contributed by atoms with Gasteiger partial charge in [0.15, 0.2) is 0 Å². The van der Waals surface area contributed by atoms with Crippen LogP contribution in [0.3, 0.4) is 0 Å². The minimum absolute atomic E-state index is 0.0840. The van der Waals surface area contributed by atoms with Crippen molar-refractivity contribution in [2.45, 2.75) is 61.9 Å². The highest BCUT2D eigenvalue weighted by molar-refractivity contribution is 7.89. The number of alkyl halides is 3. The highest BCUT2D eigenvalue weighted by Gasteiger charge is 2.35. The second-order valence-electron chi connectivity index (χ2n) is 8.17. The first-order valence-electron chi connectivity index (χ1n) is 10.2. The van der Waals surface area contributed by atoms with Crippen LogP contribution in [0.5, 0.6) is 0 Å². The van der Waals surface area contributed by atoms with Crippen LogP contribution in [0.15, 0.2) is 35.5 Å². The molecular formula is C20H22F3N5O4S. The molecule has 4 rings (SSSR count). The van der Waals surface area contributed by atoms with Crippen molar-refractivity contribution in [3.8, 4) is 0 Å². The first-order chi connectivity index (χ1) is 15.5. The normalized spacial score (nSPS) is 22.1. The first kappa shape index (κ1) is 23.2. The summed E-state index contributed by atoms with van der Waals surface area (Å²) in [4.78, 5) is 20.5. The predicted octanol–water partition coefficient (Wildman–Crippen LogP) is 3.33. The van der Waals surface area contributed by atoms with E-state index in [0.717, 1.165) is 5.56 Å². The zero-order chi connectivity index (χ0) is 23.8. The molecule has 2 aliphatic rings. The third-order valence-corrected chi connectivity index (χ3v) is 6.97. The Bertz CT molecular complexity index is 1140. The van der Waals surface area contributed by atoms with Crippen LogP contribution < -0.4 is 15.4 Å². The zero-order valence-corrected chi connectivity index (χ0v) is 18.3. The molecule has 2 aromatic rings. The summed E-state index contributed by atoms with van der Waals surface area (Å²) in [5.41, 5.74) is 2.17. The molecule has 13 heteroatoms. The van der Waals surface area contributed by atoms with Crippen LogP contribution in [0.2, 0.25) is 0 Å². The Hall–Kier alpha value is -2.93. The minimum atomic E-state index is -4.35. The topological polar surface area (TPSA) is 122 Å². The fraction of sp³-hybridized carbons (Fsp3) is 0.450. The van der Waals surface area contributed by atoms with E-state index in [0.29, 0.717) is 30.0 Å². The number of halogens is 3. The summed E-state index contributed by atoms with van der Waals surface area (Å²) in [6, 6.07) is 3.82. The molecule has 0 spiro atoms. The van der Waals surface area contributed by atoms with Crippen LogP contribution in [-0.2, 0) is 21.3 Å². The van der Waals surface area contributed by atoms with Gasteiger partial charge in [0.05, 0.1) is 11.3 Å². The van der Waals surface area contributed by atoms with Gasteiger partial charge >= 0.3 is 12.3 Å². The van der Waals surface area contributed by atoms with Gasteiger partial charge in [-0.25, -0.2) is 27.9 Å². The molecule has 1 aliphatic heterocycles. The van der Waals surface area contributed by atoms with Crippen molar-refractivity contribution in [3.63, 3.8) is 0 Å². The molecule has 3 N–H and O–H groups in total. The van der Waals surface area contributed by atoms with Crippen LogP contribution in [0.25, 0.3) is 0 Å². The lowest BCUT2D eigenvalue weighted by Gasteiger charge is -2.34. The largest absolute Gasteiger partial charge is 0.446 e. The molecular weight excluding hydrogens is 463 g/mol. The van der Waals surface area contributed by atoms with Gasteiger partial charge < -0.3 is 15.4 Å². The van der Waals surface area contributed by atoms with E-state index in [1.807, 2.05) is 0 Å². The van der Waals surface area contributed by atoms with E-state index < -0.39 is 34.8 Å². The quantitative estimate of drug-likeness (QED) is 0.574. The number of ether oxygens (including phenoxy) is 1. The van der Waals surface area contributed by atoms with E-state index in [4.69, 9.17) is 4.74 Å². The number of carbonyl (C=O) groups excluding carboxylic acids is 1. The van der Waals surface area contributed by atoms with Crippen molar-refractivity contribution in [3.05, 3.63) is 41.7 Å². The van der Waals surface area contributed by atoms with E-state index >= 15 is 0 Å². The lowest BCUT2D eigenvalue weighted by Crippen LogP contribution is -2.40. The summed E-state index contributed by atoms with van der Waals surface area (Å²) in [7, 11) is -3.42. The number of nitrogens with zero attached hydrogens (tertiary/aromatic N) is 2. The van der Waals surface area contributed by atoms with Crippen molar-refractivity contribution in [2.24, 2.45) is 0 Å². The number of hydrogen-bond acceptors (Lipinski definition) is 7. The Balaban J connectivity index is 1.25. The number of anilines is 2. The second kappa shape index (κ2) is 8.78. The number of alkyl carbamates (subject to hydrolysis) is 1. The third kappa shape index (κ3) is 5.71. The standard InChI is InChI=1S/C20H22F3N5O4S/c1-11(7-20(21,22)23)27-19(29)32-16-5-12(6-16)14-8-24-18(25-9-14)28-15-2-3-17-13(4-15)10-26-33(17,30)31/h2-4,8-9,11-12,16,26H,5-7,10H2,1H3,(H,27,29)(H,24,25,28)/t11-,12?,16?/m0/s1. The summed E-state index contributed by atoms with van der Waals surface area (Å²) >= 11 is 0. The molecule has 0 unspecified atom stereocenters. The molecule has 0 saturated heterocycles. The van der Waals surface area contributed by atoms with Gasteiger partial charge in [-0.2, -0.15) is 13.2 Å². The Labute approximate surface area is 188 Å². The summed E-state index contributed by atoms with van der Waals surface area (Å²) in [5, 5.41) is 5.22. The van der Waals surface area contributed by atoms with Gasteiger partial charge in [-0.15, -0.1) is 0 Å². The molecule has 1 fully saturated rings. The van der Waals surface area contributed by atoms with Gasteiger partial charge in [-0.1, -0.05) is 0 Å². The van der Waals surface area contributed by atoms with Crippen LogP contribution >= 0.6 is 0 Å². The van der Waals surface area contributed by atoms with Crippen LogP contribution in [0.1, 0.15) is 43.2 Å².